The molecular formula is C13H23N3O3S2. The number of thioether (sulfide) groups is 2. The number of nitrogens with zero attached hydrogens (tertiary/aromatic N) is 2. The predicted octanol–water partition coefficient (Wildman–Crippen LogP) is 3.50. The lowest BCUT2D eigenvalue weighted by Crippen LogP contribution is -2.35. The van der Waals surface area contributed by atoms with Crippen LogP contribution >= 0.6 is 23.5 Å². The van der Waals surface area contributed by atoms with Gasteiger partial charge in [-0.15, -0.1) is 10.2 Å². The molecule has 1 aromatic rings. The van der Waals surface area contributed by atoms with E-state index >= 15 is 0 Å². The van der Waals surface area contributed by atoms with Crippen LogP contribution in [0.5, 0.6) is 0 Å². The topological polar surface area (TPSA) is 77.2 Å². The van der Waals surface area contributed by atoms with Crippen LogP contribution in [0.15, 0.2) is 9.64 Å². The first kappa shape index (κ1) is 18.2. The number of amides is 1. The minimum atomic E-state index is -0.536. The van der Waals surface area contributed by atoms with Crippen molar-refractivity contribution < 1.29 is 13.9 Å². The van der Waals surface area contributed by atoms with Crippen molar-refractivity contribution in [1.29, 1.82) is 0 Å². The molecule has 120 valence electrons. The molecule has 0 saturated heterocycles. The second kappa shape index (κ2) is 8.53. The number of ether oxygens (including phenoxy) is 1. The van der Waals surface area contributed by atoms with Crippen LogP contribution in [0.4, 0.5) is 4.79 Å². The lowest BCUT2D eigenvalue weighted by molar-refractivity contribution is 0.0493. The van der Waals surface area contributed by atoms with Crippen molar-refractivity contribution in [2.45, 2.75) is 51.0 Å². The average molecular weight is 333 g/mol. The zero-order valence-electron chi connectivity index (χ0n) is 13.1. The predicted molar refractivity (Wildman–Crippen MR) is 85.8 cm³/mol. The summed E-state index contributed by atoms with van der Waals surface area (Å²) in [6, 6.07) is -0.328. The Hall–Kier alpha value is -0.890. The molecule has 1 amide bonds. The quantitative estimate of drug-likeness (QED) is 0.765. The minimum absolute atomic E-state index is 0.328. The molecular weight excluding hydrogens is 310 g/mol. The van der Waals surface area contributed by atoms with E-state index in [0.717, 1.165) is 11.5 Å². The van der Waals surface area contributed by atoms with Gasteiger partial charge in [-0.05, 0) is 45.0 Å². The van der Waals surface area contributed by atoms with Gasteiger partial charge in [0, 0.05) is 0 Å². The van der Waals surface area contributed by atoms with Gasteiger partial charge in [0.2, 0.25) is 5.89 Å². The Morgan fingerprint density at radius 3 is 2.71 bits per heavy atom. The summed E-state index contributed by atoms with van der Waals surface area (Å²) in [6.07, 6.45) is 2.24. The Labute approximate surface area is 134 Å². The molecule has 0 radical (unpaired) electrons. The van der Waals surface area contributed by atoms with Crippen LogP contribution in [-0.2, 0) is 4.74 Å². The van der Waals surface area contributed by atoms with Crippen LogP contribution in [0.2, 0.25) is 0 Å². The van der Waals surface area contributed by atoms with Gasteiger partial charge in [-0.2, -0.15) is 11.8 Å². The maximum atomic E-state index is 11.9. The lowest BCUT2D eigenvalue weighted by Gasteiger charge is -2.22. The molecule has 0 bridgehead atoms. The van der Waals surface area contributed by atoms with Crippen molar-refractivity contribution in [2.24, 2.45) is 0 Å². The standard InChI is InChI=1S/C13H23N3O3S2/c1-6-21-12-16-15-10(18-12)9(7-8-20-5)14-11(17)19-13(2,3)4/h9H,6-8H2,1-5H3,(H,14,17)/t9-/m0/s1. The average Bonchev–Trinajstić information content (AvgIpc) is 2.81. The van der Waals surface area contributed by atoms with Crippen LogP contribution in [0.25, 0.3) is 0 Å². The van der Waals surface area contributed by atoms with Gasteiger partial charge in [-0.3, -0.25) is 0 Å². The highest BCUT2D eigenvalue weighted by molar-refractivity contribution is 7.99. The minimum Gasteiger partial charge on any atom is -0.444 e. The SMILES string of the molecule is CCSc1nnc([C@H](CCSC)NC(=O)OC(C)(C)C)o1. The molecule has 0 aliphatic heterocycles. The molecule has 0 spiro atoms. The molecule has 1 atom stereocenters. The summed E-state index contributed by atoms with van der Waals surface area (Å²) >= 11 is 3.17. The van der Waals surface area contributed by atoms with Crippen molar-refractivity contribution in [2.75, 3.05) is 17.8 Å². The van der Waals surface area contributed by atoms with E-state index in [-0.39, 0.29) is 6.04 Å². The number of rotatable bonds is 7. The van der Waals surface area contributed by atoms with Crippen molar-refractivity contribution in [3.63, 3.8) is 0 Å². The van der Waals surface area contributed by atoms with E-state index in [1.807, 2.05) is 34.0 Å². The molecule has 0 fully saturated rings. The number of aromatic nitrogens is 2. The van der Waals surface area contributed by atoms with Gasteiger partial charge in [0.05, 0.1) is 0 Å². The van der Waals surface area contributed by atoms with E-state index < -0.39 is 11.7 Å². The largest absolute Gasteiger partial charge is 0.444 e. The highest BCUT2D eigenvalue weighted by Crippen LogP contribution is 2.22. The van der Waals surface area contributed by atoms with Crippen molar-refractivity contribution in [3.05, 3.63) is 5.89 Å². The number of carbonyl (C=O) groups excluding carboxylic acids is 1. The van der Waals surface area contributed by atoms with Crippen LogP contribution in [0.3, 0.4) is 0 Å². The molecule has 0 aromatic carbocycles. The summed E-state index contributed by atoms with van der Waals surface area (Å²) in [5.41, 5.74) is -0.536. The Morgan fingerprint density at radius 1 is 1.43 bits per heavy atom. The summed E-state index contributed by atoms with van der Waals surface area (Å²) in [4.78, 5) is 11.9. The fraction of sp³-hybridized carbons (Fsp3) is 0.769. The molecule has 6 nitrogen and oxygen atoms in total. The van der Waals surface area contributed by atoms with Crippen molar-refractivity contribution in [3.8, 4) is 0 Å². The summed E-state index contributed by atoms with van der Waals surface area (Å²) < 4.78 is 10.8. The molecule has 0 aliphatic carbocycles. The first-order chi connectivity index (χ1) is 9.85. The zero-order valence-corrected chi connectivity index (χ0v) is 14.8. The fourth-order valence-electron chi connectivity index (χ4n) is 1.49. The third kappa shape index (κ3) is 7.08. The first-order valence-corrected chi connectivity index (χ1v) is 9.18. The summed E-state index contributed by atoms with van der Waals surface area (Å²) in [6.45, 7) is 7.49. The van der Waals surface area contributed by atoms with Gasteiger partial charge in [0.15, 0.2) is 0 Å². The van der Waals surface area contributed by atoms with Gasteiger partial charge in [-0.1, -0.05) is 18.7 Å². The van der Waals surface area contributed by atoms with Gasteiger partial charge in [0.1, 0.15) is 11.6 Å². The molecule has 0 aliphatic rings. The van der Waals surface area contributed by atoms with Crippen molar-refractivity contribution >= 4 is 29.6 Å². The Balaban J connectivity index is 2.72. The number of nitrogens with one attached hydrogen (secondary N) is 1. The molecule has 1 heterocycles. The summed E-state index contributed by atoms with van der Waals surface area (Å²) in [7, 11) is 0. The van der Waals surface area contributed by atoms with E-state index in [9.17, 15) is 4.79 Å². The molecule has 0 unspecified atom stereocenters. The zero-order chi connectivity index (χ0) is 15.9. The Kier molecular flexibility index (Phi) is 7.37. The molecule has 21 heavy (non-hydrogen) atoms. The highest BCUT2D eigenvalue weighted by atomic mass is 32.2. The third-order valence-electron chi connectivity index (χ3n) is 2.29. The molecule has 1 aromatic heterocycles. The number of carbonyl (C=O) groups is 1. The summed E-state index contributed by atoms with van der Waals surface area (Å²) in [5.74, 6) is 2.15. The lowest BCUT2D eigenvalue weighted by atomic mass is 10.2. The van der Waals surface area contributed by atoms with Crippen LogP contribution in [0.1, 0.15) is 46.0 Å². The van der Waals surface area contributed by atoms with E-state index in [1.54, 1.807) is 11.8 Å². The molecule has 1 rings (SSSR count). The van der Waals surface area contributed by atoms with E-state index in [1.165, 1.54) is 11.8 Å². The van der Waals surface area contributed by atoms with Crippen molar-refractivity contribution in [1.82, 2.24) is 15.5 Å². The molecule has 8 heteroatoms. The second-order valence-corrected chi connectivity index (χ2v) is 7.52. The van der Waals surface area contributed by atoms with E-state index in [0.29, 0.717) is 17.5 Å². The third-order valence-corrected chi connectivity index (χ3v) is 3.63. The normalized spacial score (nSPS) is 13.0. The van der Waals surface area contributed by atoms with Crippen LogP contribution in [0, 0.1) is 0 Å². The van der Waals surface area contributed by atoms with Crippen LogP contribution < -0.4 is 5.32 Å². The Bertz CT molecular complexity index is 446. The van der Waals surface area contributed by atoms with Gasteiger partial charge in [0.25, 0.3) is 5.22 Å². The maximum Gasteiger partial charge on any atom is 0.408 e. The van der Waals surface area contributed by atoms with Gasteiger partial charge < -0.3 is 14.5 Å². The fourth-order valence-corrected chi connectivity index (χ4v) is 2.45. The van der Waals surface area contributed by atoms with E-state index in [2.05, 4.69) is 15.5 Å². The van der Waals surface area contributed by atoms with E-state index in [4.69, 9.17) is 9.15 Å². The molecule has 0 saturated carbocycles. The molecule has 1 N–H and O–H groups in total. The highest BCUT2D eigenvalue weighted by Gasteiger charge is 2.24. The number of hydrogen-bond donors (Lipinski definition) is 1. The Morgan fingerprint density at radius 2 is 2.14 bits per heavy atom. The summed E-state index contributed by atoms with van der Waals surface area (Å²) in [5, 5.41) is 11.3. The first-order valence-electron chi connectivity index (χ1n) is 6.80. The second-order valence-electron chi connectivity index (χ2n) is 5.32. The number of alkyl carbamates (subject to hydrolysis) is 1. The van der Waals surface area contributed by atoms with Gasteiger partial charge >= 0.3 is 6.09 Å². The monoisotopic (exact) mass is 333 g/mol. The smallest absolute Gasteiger partial charge is 0.408 e. The van der Waals surface area contributed by atoms with Gasteiger partial charge in [-0.25, -0.2) is 4.79 Å². The number of hydrogen-bond acceptors (Lipinski definition) is 7. The maximum absolute atomic E-state index is 11.9. The van der Waals surface area contributed by atoms with Crippen LogP contribution in [-0.4, -0.2) is 39.7 Å².